The third kappa shape index (κ3) is 5.17. The second kappa shape index (κ2) is 10.3. The van der Waals surface area contributed by atoms with E-state index < -0.39 is 0 Å². The average molecular weight is 444 g/mol. The molecule has 0 bridgehead atoms. The van der Waals surface area contributed by atoms with Gasteiger partial charge in [0.1, 0.15) is 5.82 Å². The van der Waals surface area contributed by atoms with E-state index in [4.69, 9.17) is 21.1 Å². The molecule has 0 aliphatic heterocycles. The summed E-state index contributed by atoms with van der Waals surface area (Å²) in [6, 6.07) is 10.3. The molecular weight excluding hydrogens is 418 g/mol. The van der Waals surface area contributed by atoms with Crippen LogP contribution in [0.5, 0.6) is 11.5 Å². The molecule has 1 heterocycles. The Labute approximate surface area is 186 Å². The third-order valence-electron chi connectivity index (χ3n) is 4.68. The molecule has 31 heavy (non-hydrogen) atoms. The van der Waals surface area contributed by atoms with Crippen molar-refractivity contribution in [3.05, 3.63) is 63.2 Å². The van der Waals surface area contributed by atoms with Gasteiger partial charge in [-0.1, -0.05) is 30.7 Å². The van der Waals surface area contributed by atoms with Gasteiger partial charge in [0, 0.05) is 12.1 Å². The number of amides is 1. The Hall–Kier alpha value is -3.06. The Bertz CT molecular complexity index is 1130. The minimum absolute atomic E-state index is 0.158. The maximum Gasteiger partial charge on any atom is 0.258 e. The number of hydrogen-bond acceptors (Lipinski definition) is 5. The summed E-state index contributed by atoms with van der Waals surface area (Å²) in [7, 11) is 0. The van der Waals surface area contributed by atoms with Crippen LogP contribution >= 0.6 is 11.6 Å². The van der Waals surface area contributed by atoms with Gasteiger partial charge in [-0.2, -0.15) is 0 Å². The predicted octanol–water partition coefficient (Wildman–Crippen LogP) is 4.43. The van der Waals surface area contributed by atoms with E-state index in [9.17, 15) is 9.59 Å². The Morgan fingerprint density at radius 3 is 2.65 bits per heavy atom. The first-order valence-corrected chi connectivity index (χ1v) is 10.7. The fourth-order valence-corrected chi connectivity index (χ4v) is 3.46. The van der Waals surface area contributed by atoms with Gasteiger partial charge >= 0.3 is 0 Å². The zero-order valence-corrected chi connectivity index (χ0v) is 18.7. The highest BCUT2D eigenvalue weighted by Gasteiger charge is 2.21. The van der Waals surface area contributed by atoms with Crippen LogP contribution in [0.15, 0.2) is 41.2 Å². The van der Waals surface area contributed by atoms with Crippen LogP contribution in [-0.4, -0.2) is 40.5 Å². The van der Waals surface area contributed by atoms with Crippen molar-refractivity contribution in [1.29, 1.82) is 0 Å². The summed E-state index contributed by atoms with van der Waals surface area (Å²) in [6.45, 7) is 7.20. The summed E-state index contributed by atoms with van der Waals surface area (Å²) in [4.78, 5) is 34.4. The highest BCUT2D eigenvalue weighted by atomic mass is 35.5. The Morgan fingerprint density at radius 2 is 1.94 bits per heavy atom. The van der Waals surface area contributed by atoms with E-state index in [1.165, 1.54) is 0 Å². The first kappa shape index (κ1) is 22.6. The van der Waals surface area contributed by atoms with Crippen molar-refractivity contribution in [3.8, 4) is 11.5 Å². The molecule has 7 nitrogen and oxygen atoms in total. The molecule has 0 unspecified atom stereocenters. The van der Waals surface area contributed by atoms with Crippen molar-refractivity contribution < 1.29 is 14.3 Å². The van der Waals surface area contributed by atoms with E-state index in [0.29, 0.717) is 58.6 Å². The third-order valence-corrected chi connectivity index (χ3v) is 4.96. The lowest BCUT2D eigenvalue weighted by atomic mass is 10.1. The van der Waals surface area contributed by atoms with Gasteiger partial charge in [-0.3, -0.25) is 9.59 Å². The van der Waals surface area contributed by atoms with Crippen LogP contribution in [0.25, 0.3) is 10.9 Å². The minimum Gasteiger partial charge on any atom is -0.490 e. The maximum atomic E-state index is 13.2. The number of H-pyrrole nitrogens is 1. The van der Waals surface area contributed by atoms with Gasteiger partial charge in [-0.15, -0.1) is 0 Å². The number of carbonyl (C=O) groups is 1. The summed E-state index contributed by atoms with van der Waals surface area (Å²) < 4.78 is 11.4. The number of nitrogens with one attached hydrogen (secondary N) is 1. The molecule has 0 saturated heterocycles. The summed E-state index contributed by atoms with van der Waals surface area (Å²) in [6.07, 6.45) is 0.823. The number of aromatic amines is 1. The number of hydrogen-bond donors (Lipinski definition) is 1. The summed E-state index contributed by atoms with van der Waals surface area (Å²) in [5.74, 6) is 1.03. The number of nitrogens with zero attached hydrogens (tertiary/aromatic N) is 2. The number of halogens is 1. The smallest absolute Gasteiger partial charge is 0.258 e. The molecule has 8 heteroatoms. The maximum absolute atomic E-state index is 13.2. The van der Waals surface area contributed by atoms with Crippen LogP contribution < -0.4 is 15.0 Å². The van der Waals surface area contributed by atoms with Crippen molar-refractivity contribution in [2.45, 2.75) is 33.7 Å². The second-order valence-electron chi connectivity index (χ2n) is 6.92. The molecule has 0 saturated carbocycles. The first-order chi connectivity index (χ1) is 15.0. The Balaban J connectivity index is 1.90. The summed E-state index contributed by atoms with van der Waals surface area (Å²) >= 11 is 6.41. The normalized spacial score (nSPS) is 10.8. The van der Waals surface area contributed by atoms with Crippen LogP contribution in [0.4, 0.5) is 0 Å². The first-order valence-electron chi connectivity index (χ1n) is 10.3. The molecule has 164 valence electrons. The number of aromatic nitrogens is 2. The lowest BCUT2D eigenvalue weighted by molar-refractivity contribution is 0.0748. The molecule has 0 aliphatic rings. The van der Waals surface area contributed by atoms with E-state index in [1.54, 1.807) is 35.2 Å². The zero-order chi connectivity index (χ0) is 22.4. The standard InChI is InChI=1S/C23H26ClN3O4/c1-4-11-31-21-17(24)12-15(13-19(21)30-6-3)23(29)27(5-2)14-20-25-18-10-8-7-9-16(18)22(28)26-20/h7-10,12-13H,4-6,11,14H2,1-3H3,(H,25,26,28). The molecular formula is C23H26ClN3O4. The van der Waals surface area contributed by atoms with Gasteiger partial charge in [0.25, 0.3) is 11.5 Å². The fraction of sp³-hybridized carbons (Fsp3) is 0.348. The van der Waals surface area contributed by atoms with Crippen molar-refractivity contribution in [3.63, 3.8) is 0 Å². The van der Waals surface area contributed by atoms with Gasteiger partial charge < -0.3 is 19.4 Å². The Kier molecular flexibility index (Phi) is 7.52. The van der Waals surface area contributed by atoms with Crippen LogP contribution in [0.2, 0.25) is 5.02 Å². The second-order valence-corrected chi connectivity index (χ2v) is 7.32. The molecule has 3 aromatic rings. The van der Waals surface area contributed by atoms with Crippen LogP contribution in [0.3, 0.4) is 0 Å². The molecule has 0 spiro atoms. The average Bonchev–Trinajstić information content (AvgIpc) is 2.76. The van der Waals surface area contributed by atoms with Gasteiger partial charge in [0.15, 0.2) is 11.5 Å². The number of rotatable bonds is 9. The van der Waals surface area contributed by atoms with Gasteiger partial charge in [0.2, 0.25) is 0 Å². The number of ether oxygens (including phenoxy) is 2. The van der Waals surface area contributed by atoms with Crippen LogP contribution in [0.1, 0.15) is 43.4 Å². The molecule has 0 atom stereocenters. The van der Waals surface area contributed by atoms with E-state index in [0.717, 1.165) is 6.42 Å². The van der Waals surface area contributed by atoms with Gasteiger partial charge in [-0.05, 0) is 44.5 Å². The van der Waals surface area contributed by atoms with Crippen molar-refractivity contribution in [1.82, 2.24) is 14.9 Å². The monoisotopic (exact) mass is 443 g/mol. The van der Waals surface area contributed by atoms with E-state index in [-0.39, 0.29) is 18.0 Å². The topological polar surface area (TPSA) is 84.5 Å². The van der Waals surface area contributed by atoms with E-state index >= 15 is 0 Å². The highest BCUT2D eigenvalue weighted by Crippen LogP contribution is 2.37. The van der Waals surface area contributed by atoms with Gasteiger partial charge in [0.05, 0.1) is 35.7 Å². The molecule has 0 fully saturated rings. The van der Waals surface area contributed by atoms with Crippen molar-refractivity contribution in [2.75, 3.05) is 19.8 Å². The fourth-order valence-electron chi connectivity index (χ4n) is 3.20. The number of carbonyl (C=O) groups excluding carboxylic acids is 1. The van der Waals surface area contributed by atoms with Gasteiger partial charge in [-0.25, -0.2) is 4.98 Å². The number of fused-ring (bicyclic) bond motifs is 1. The van der Waals surface area contributed by atoms with Crippen molar-refractivity contribution in [2.24, 2.45) is 0 Å². The molecule has 3 rings (SSSR count). The molecule has 0 aliphatic carbocycles. The molecule has 1 N–H and O–H groups in total. The number of para-hydroxylation sites is 1. The highest BCUT2D eigenvalue weighted by molar-refractivity contribution is 6.32. The van der Waals surface area contributed by atoms with E-state index in [2.05, 4.69) is 9.97 Å². The predicted molar refractivity (Wildman–Crippen MR) is 121 cm³/mol. The molecule has 2 aromatic carbocycles. The van der Waals surface area contributed by atoms with Crippen LogP contribution in [0, 0.1) is 0 Å². The molecule has 0 radical (unpaired) electrons. The number of benzene rings is 2. The summed E-state index contributed by atoms with van der Waals surface area (Å²) in [5, 5.41) is 0.826. The lowest BCUT2D eigenvalue weighted by Crippen LogP contribution is -2.32. The quantitative estimate of drug-likeness (QED) is 0.529. The Morgan fingerprint density at radius 1 is 1.16 bits per heavy atom. The van der Waals surface area contributed by atoms with Crippen LogP contribution in [-0.2, 0) is 6.54 Å². The van der Waals surface area contributed by atoms with Crippen molar-refractivity contribution >= 4 is 28.4 Å². The zero-order valence-electron chi connectivity index (χ0n) is 17.9. The minimum atomic E-state index is -0.247. The largest absolute Gasteiger partial charge is 0.490 e. The lowest BCUT2D eigenvalue weighted by Gasteiger charge is -2.22. The summed E-state index contributed by atoms with van der Waals surface area (Å²) in [5.41, 5.74) is 0.731. The van der Waals surface area contributed by atoms with E-state index in [1.807, 2.05) is 26.8 Å². The molecule has 1 amide bonds. The molecule has 1 aromatic heterocycles. The SMILES string of the molecule is CCCOc1c(Cl)cc(C(=O)N(CC)Cc2nc3ccccc3c(=O)[nH]2)cc1OCC.